The van der Waals surface area contributed by atoms with Crippen LogP contribution in [-0.2, 0) is 28.1 Å². The lowest BCUT2D eigenvalue weighted by Crippen LogP contribution is -2.46. The van der Waals surface area contributed by atoms with Crippen LogP contribution in [0.2, 0.25) is 0 Å². The molecule has 0 bridgehead atoms. The van der Waals surface area contributed by atoms with E-state index in [2.05, 4.69) is 231 Å². The molecule has 0 heterocycles. The van der Waals surface area contributed by atoms with Crippen LogP contribution in [0.3, 0.4) is 0 Å². The lowest BCUT2D eigenvalue weighted by molar-refractivity contribution is 0.245. The van der Waals surface area contributed by atoms with Gasteiger partial charge in [-0.25, -0.2) is 0 Å². The maximum absolute atomic E-state index is 2.53. The van der Waals surface area contributed by atoms with Crippen molar-refractivity contribution in [1.29, 1.82) is 0 Å². The van der Waals surface area contributed by atoms with Gasteiger partial charge in [-0.2, -0.15) is 0 Å². The van der Waals surface area contributed by atoms with Crippen molar-refractivity contribution in [2.75, 3.05) is 0 Å². The summed E-state index contributed by atoms with van der Waals surface area (Å²) in [6, 6.07) is 87.5. The highest BCUT2D eigenvalue weighted by Gasteiger charge is 2.60. The van der Waals surface area contributed by atoms with Gasteiger partial charge >= 0.3 is 0 Å². The van der Waals surface area contributed by atoms with Gasteiger partial charge in [0.25, 0.3) is 0 Å². The fraction of sp³-hybridized carbons (Fsp3) is 0.194. The molecule has 324 valence electrons. The van der Waals surface area contributed by atoms with Crippen molar-refractivity contribution in [2.24, 2.45) is 0 Å². The summed E-state index contributed by atoms with van der Waals surface area (Å²) >= 11 is 0. The van der Waals surface area contributed by atoms with Crippen molar-refractivity contribution in [3.63, 3.8) is 0 Å². The molecular weight excluding hydrogens is 805 g/mol. The summed E-state index contributed by atoms with van der Waals surface area (Å²) < 4.78 is 0. The van der Waals surface area contributed by atoms with Crippen LogP contribution in [0.25, 0.3) is 44.5 Å². The molecule has 0 N–H and O–H groups in total. The van der Waals surface area contributed by atoms with Crippen molar-refractivity contribution < 1.29 is 0 Å². The molecule has 0 aliphatic heterocycles. The topological polar surface area (TPSA) is 0 Å². The predicted octanol–water partition coefficient (Wildman–Crippen LogP) is 16.8. The van der Waals surface area contributed by atoms with Gasteiger partial charge in [0.2, 0.25) is 0 Å². The van der Waals surface area contributed by atoms with E-state index in [0.717, 1.165) is 32.1 Å². The van der Waals surface area contributed by atoms with Crippen LogP contribution in [0.1, 0.15) is 102 Å². The summed E-state index contributed by atoms with van der Waals surface area (Å²) in [6.07, 6.45) is 8.47. The monoisotopic (exact) mass is 860 g/mol. The fourth-order valence-electron chi connectivity index (χ4n) is 14.7. The van der Waals surface area contributed by atoms with E-state index in [0.29, 0.717) is 0 Å². The molecule has 4 aliphatic carbocycles. The maximum atomic E-state index is 2.53. The summed E-state index contributed by atoms with van der Waals surface area (Å²) in [7, 11) is 0. The van der Waals surface area contributed by atoms with Crippen molar-refractivity contribution >= 4 is 0 Å². The van der Waals surface area contributed by atoms with E-state index in [1.165, 1.54) is 114 Å². The molecule has 0 radical (unpaired) electrons. The SMILES string of the molecule is CCCCCC1(CC2(CC3(CC4(Cc5ccccc5)c5ccccc5-c5ccccc54)c4ccccc4-c4ccccc43)c3ccccc3-c3ccccc32)c2ccccc2-c2ccccc21. The van der Waals surface area contributed by atoms with E-state index in [-0.39, 0.29) is 16.2 Å². The van der Waals surface area contributed by atoms with Gasteiger partial charge < -0.3 is 0 Å². The highest BCUT2D eigenvalue weighted by Crippen LogP contribution is 2.68. The molecule has 0 fully saturated rings. The first kappa shape index (κ1) is 40.3. The Labute approximate surface area is 397 Å². The largest absolute Gasteiger partial charge is 0.0654 e. The molecule has 0 saturated heterocycles. The highest BCUT2D eigenvalue weighted by molar-refractivity contribution is 5.88. The molecular formula is C67H56. The smallest absolute Gasteiger partial charge is 0.0267 e. The second kappa shape index (κ2) is 15.5. The quantitative estimate of drug-likeness (QED) is 0.107. The molecule has 0 atom stereocenters. The van der Waals surface area contributed by atoms with E-state index in [1.807, 2.05) is 0 Å². The Morgan fingerprint density at radius 1 is 0.254 bits per heavy atom. The van der Waals surface area contributed by atoms with Crippen molar-refractivity contribution in [3.8, 4) is 44.5 Å². The molecule has 9 aromatic carbocycles. The van der Waals surface area contributed by atoms with Crippen LogP contribution in [-0.4, -0.2) is 0 Å². The normalized spacial score (nSPS) is 16.2. The number of fused-ring (bicyclic) bond motifs is 12. The van der Waals surface area contributed by atoms with E-state index in [1.54, 1.807) is 0 Å². The molecule has 0 saturated carbocycles. The zero-order valence-electron chi connectivity index (χ0n) is 38.5. The number of rotatable bonds is 12. The first-order chi connectivity index (χ1) is 33.1. The molecule has 13 rings (SSSR count). The maximum Gasteiger partial charge on any atom is 0.0267 e. The number of hydrogen-bond acceptors (Lipinski definition) is 0. The average molecular weight is 861 g/mol. The minimum atomic E-state index is -0.403. The second-order valence-electron chi connectivity index (χ2n) is 20.3. The van der Waals surface area contributed by atoms with Gasteiger partial charge in [0.1, 0.15) is 0 Å². The summed E-state index contributed by atoms with van der Waals surface area (Å²) in [5, 5.41) is 0. The third kappa shape index (κ3) is 5.78. The van der Waals surface area contributed by atoms with E-state index >= 15 is 0 Å². The highest BCUT2D eigenvalue weighted by atomic mass is 14.6. The Kier molecular flexibility index (Phi) is 9.34. The van der Waals surface area contributed by atoms with Gasteiger partial charge in [-0.15, -0.1) is 0 Å². The van der Waals surface area contributed by atoms with Crippen molar-refractivity contribution in [1.82, 2.24) is 0 Å². The van der Waals surface area contributed by atoms with E-state index < -0.39 is 5.41 Å². The third-order valence-electron chi connectivity index (χ3n) is 17.1. The van der Waals surface area contributed by atoms with Crippen LogP contribution >= 0.6 is 0 Å². The average Bonchev–Trinajstić information content (AvgIpc) is 4.02. The van der Waals surface area contributed by atoms with Crippen molar-refractivity contribution in [2.45, 2.75) is 80.0 Å². The molecule has 0 heteroatoms. The molecule has 0 nitrogen and oxygen atoms in total. The lowest BCUT2D eigenvalue weighted by Gasteiger charge is -2.50. The number of benzene rings is 9. The first-order valence-electron chi connectivity index (χ1n) is 24.9. The number of unbranched alkanes of at least 4 members (excludes halogenated alkanes) is 2. The van der Waals surface area contributed by atoms with Gasteiger partial charge in [0.05, 0.1) is 0 Å². The van der Waals surface area contributed by atoms with E-state index in [9.17, 15) is 0 Å². The van der Waals surface area contributed by atoms with Gasteiger partial charge in [-0.05, 0) is 127 Å². The molecule has 0 unspecified atom stereocenters. The Bertz CT molecular complexity index is 3160. The fourth-order valence-corrected chi connectivity index (χ4v) is 14.7. The van der Waals surface area contributed by atoms with Crippen LogP contribution < -0.4 is 0 Å². The van der Waals surface area contributed by atoms with Gasteiger partial charge in [0, 0.05) is 21.7 Å². The summed E-state index contributed by atoms with van der Waals surface area (Å²) in [5.41, 5.74) is 23.0. The Hall–Kier alpha value is -7.02. The predicted molar refractivity (Wildman–Crippen MR) is 279 cm³/mol. The second-order valence-corrected chi connectivity index (χ2v) is 20.3. The molecule has 4 aliphatic rings. The van der Waals surface area contributed by atoms with Crippen molar-refractivity contribution in [3.05, 3.63) is 275 Å². The van der Waals surface area contributed by atoms with Gasteiger partial charge in [-0.3, -0.25) is 0 Å². The standard InChI is InChI=1S/C67H56/c1-2-3-23-42-64(56-34-15-7-26-48(56)49-27-8-16-35-57(49)64)44-66(60-38-19-11-30-52(60)53-31-12-20-39-61(53)66)46-67(62-40-21-13-32-54(62)55-33-14-22-41-63(55)67)45-65(43-47-24-5-4-6-25-47)58-36-17-9-28-50(58)51-29-10-18-37-59(51)65/h4-22,24-41H,2-3,23,42-46H2,1H3. The Morgan fingerprint density at radius 3 is 0.836 bits per heavy atom. The van der Waals surface area contributed by atoms with Gasteiger partial charge in [0.15, 0.2) is 0 Å². The summed E-state index contributed by atoms with van der Waals surface area (Å²) in [4.78, 5) is 0. The summed E-state index contributed by atoms with van der Waals surface area (Å²) in [6.45, 7) is 2.36. The molecule has 0 amide bonds. The lowest BCUT2D eigenvalue weighted by atomic mass is 9.52. The van der Waals surface area contributed by atoms with E-state index in [4.69, 9.17) is 0 Å². The molecule has 0 aromatic heterocycles. The minimum Gasteiger partial charge on any atom is -0.0654 e. The molecule has 67 heavy (non-hydrogen) atoms. The number of hydrogen-bond donors (Lipinski definition) is 0. The van der Waals surface area contributed by atoms with Crippen LogP contribution in [0, 0.1) is 0 Å². The Morgan fingerprint density at radius 2 is 0.507 bits per heavy atom. The Balaban J connectivity index is 1.14. The van der Waals surface area contributed by atoms with Gasteiger partial charge in [-0.1, -0.05) is 251 Å². The minimum absolute atomic E-state index is 0.208. The first-order valence-corrected chi connectivity index (χ1v) is 24.9. The molecule has 9 aromatic rings. The zero-order valence-corrected chi connectivity index (χ0v) is 38.5. The molecule has 0 spiro atoms. The zero-order chi connectivity index (χ0) is 44.6. The summed E-state index contributed by atoms with van der Waals surface area (Å²) in [5.74, 6) is 0. The van der Waals surface area contributed by atoms with Crippen LogP contribution in [0.15, 0.2) is 224 Å². The van der Waals surface area contributed by atoms with Crippen LogP contribution in [0.5, 0.6) is 0 Å². The van der Waals surface area contributed by atoms with Crippen LogP contribution in [0.4, 0.5) is 0 Å². The third-order valence-corrected chi connectivity index (χ3v) is 17.1.